The van der Waals surface area contributed by atoms with E-state index in [2.05, 4.69) is 4.98 Å². The van der Waals surface area contributed by atoms with Gasteiger partial charge in [0.15, 0.2) is 0 Å². The van der Waals surface area contributed by atoms with Gasteiger partial charge in [0.05, 0.1) is 0 Å². The first-order valence-electron chi connectivity index (χ1n) is 5.29. The number of benzene rings is 1. The van der Waals surface area contributed by atoms with Gasteiger partial charge in [0, 0.05) is 5.56 Å². The minimum absolute atomic E-state index is 0.0270. The van der Waals surface area contributed by atoms with Crippen LogP contribution in [0.5, 0.6) is 11.6 Å². The maximum Gasteiger partial charge on any atom is 0.254 e. The van der Waals surface area contributed by atoms with Gasteiger partial charge >= 0.3 is 0 Å². The number of halogens is 1. The molecule has 1 amide bonds. The van der Waals surface area contributed by atoms with E-state index in [9.17, 15) is 14.0 Å². The Morgan fingerprint density at radius 2 is 1.89 bits per heavy atom. The molecule has 6 heteroatoms. The van der Waals surface area contributed by atoms with E-state index in [-0.39, 0.29) is 11.4 Å². The first-order valence-corrected chi connectivity index (χ1v) is 5.29. The first-order chi connectivity index (χ1) is 9.10. The summed E-state index contributed by atoms with van der Waals surface area (Å²) >= 11 is 0. The molecule has 19 heavy (non-hydrogen) atoms. The van der Waals surface area contributed by atoms with Crippen LogP contribution in [0.1, 0.15) is 20.7 Å². The zero-order chi connectivity index (χ0) is 13.8. The van der Waals surface area contributed by atoms with Crippen LogP contribution >= 0.6 is 0 Å². The molecular weight excluding hydrogens is 251 g/mol. The van der Waals surface area contributed by atoms with E-state index in [0.29, 0.717) is 17.6 Å². The predicted molar refractivity (Wildman–Crippen MR) is 64.6 cm³/mol. The Hall–Kier alpha value is -2.76. The smallest absolute Gasteiger partial charge is 0.254 e. The number of carbonyl (C=O) groups excluding carboxylic acids is 2. The summed E-state index contributed by atoms with van der Waals surface area (Å²) in [6, 6.07) is 8.25. The van der Waals surface area contributed by atoms with Gasteiger partial charge in [-0.1, -0.05) is 0 Å². The van der Waals surface area contributed by atoms with Gasteiger partial charge in [-0.25, -0.2) is 0 Å². The molecule has 0 unspecified atom stereocenters. The van der Waals surface area contributed by atoms with Crippen molar-refractivity contribution >= 4 is 12.2 Å². The Kier molecular flexibility index (Phi) is 3.51. The molecule has 0 fully saturated rings. The number of aldehydes is 1. The highest BCUT2D eigenvalue weighted by molar-refractivity contribution is 5.95. The zero-order valence-electron chi connectivity index (χ0n) is 9.67. The lowest BCUT2D eigenvalue weighted by molar-refractivity contribution is 0.0997. The molecule has 0 saturated heterocycles. The lowest BCUT2D eigenvalue weighted by Gasteiger charge is -2.07. The third kappa shape index (κ3) is 2.92. The molecule has 2 N–H and O–H groups in total. The average molecular weight is 260 g/mol. The van der Waals surface area contributed by atoms with Crippen LogP contribution in [0.4, 0.5) is 4.39 Å². The number of aromatic nitrogens is 1. The first kappa shape index (κ1) is 12.7. The Morgan fingerprint density at radius 3 is 2.47 bits per heavy atom. The summed E-state index contributed by atoms with van der Waals surface area (Å²) in [7, 11) is 0. The lowest BCUT2D eigenvalue weighted by atomic mass is 10.2. The molecule has 0 atom stereocenters. The van der Waals surface area contributed by atoms with Crippen molar-refractivity contribution in [1.29, 1.82) is 0 Å². The number of primary amides is 1. The molecule has 1 aromatic heterocycles. The van der Waals surface area contributed by atoms with Crippen LogP contribution < -0.4 is 10.5 Å². The van der Waals surface area contributed by atoms with E-state index in [1.54, 1.807) is 0 Å². The van der Waals surface area contributed by atoms with Crippen molar-refractivity contribution in [2.75, 3.05) is 0 Å². The van der Waals surface area contributed by atoms with Gasteiger partial charge in [0.2, 0.25) is 11.8 Å². The van der Waals surface area contributed by atoms with Crippen LogP contribution in [-0.4, -0.2) is 17.2 Å². The van der Waals surface area contributed by atoms with Gasteiger partial charge in [-0.3, -0.25) is 9.59 Å². The molecule has 0 bridgehead atoms. The van der Waals surface area contributed by atoms with Crippen LogP contribution in [0.3, 0.4) is 0 Å². The molecule has 0 aliphatic carbocycles. The Labute approximate surface area is 107 Å². The van der Waals surface area contributed by atoms with Gasteiger partial charge in [0.1, 0.15) is 17.6 Å². The van der Waals surface area contributed by atoms with Crippen molar-refractivity contribution in [3.63, 3.8) is 0 Å². The van der Waals surface area contributed by atoms with Gasteiger partial charge in [-0.15, -0.1) is 0 Å². The Balaban J connectivity index is 2.33. The summed E-state index contributed by atoms with van der Waals surface area (Å²) in [5.74, 6) is -1.46. The van der Waals surface area contributed by atoms with Crippen molar-refractivity contribution in [1.82, 2.24) is 4.98 Å². The number of pyridine rings is 1. The van der Waals surface area contributed by atoms with Crippen molar-refractivity contribution in [3.8, 4) is 11.6 Å². The van der Waals surface area contributed by atoms with E-state index in [1.807, 2.05) is 0 Å². The molecule has 2 aromatic rings. The van der Waals surface area contributed by atoms with Gasteiger partial charge < -0.3 is 10.5 Å². The van der Waals surface area contributed by atoms with E-state index >= 15 is 0 Å². The number of hydrogen-bond acceptors (Lipinski definition) is 4. The molecule has 0 aliphatic heterocycles. The standard InChI is InChI=1S/C13H9FN2O3/c14-11-6-5-10(12(15)18)13(16-11)19-9-3-1-8(7-17)2-4-9/h1-7H,(H2,15,18). The minimum atomic E-state index is -0.787. The van der Waals surface area contributed by atoms with Crippen molar-refractivity contribution in [2.24, 2.45) is 5.73 Å². The number of carbonyl (C=O) groups is 2. The second-order valence-corrected chi connectivity index (χ2v) is 3.64. The fourth-order valence-corrected chi connectivity index (χ4v) is 1.41. The molecule has 0 radical (unpaired) electrons. The number of nitrogens with two attached hydrogens (primary N) is 1. The second-order valence-electron chi connectivity index (χ2n) is 3.64. The van der Waals surface area contributed by atoms with Crippen molar-refractivity contribution in [2.45, 2.75) is 0 Å². The highest BCUT2D eigenvalue weighted by atomic mass is 19.1. The molecule has 1 heterocycles. The maximum atomic E-state index is 13.0. The van der Waals surface area contributed by atoms with Crippen LogP contribution in [0.2, 0.25) is 0 Å². The van der Waals surface area contributed by atoms with Crippen LogP contribution in [0, 0.1) is 5.95 Å². The number of hydrogen-bond donors (Lipinski definition) is 1. The minimum Gasteiger partial charge on any atom is -0.438 e. The van der Waals surface area contributed by atoms with E-state index < -0.39 is 11.9 Å². The van der Waals surface area contributed by atoms with Crippen molar-refractivity contribution < 1.29 is 18.7 Å². The largest absolute Gasteiger partial charge is 0.438 e. The molecule has 1 aromatic carbocycles. The molecular formula is C13H9FN2O3. The fraction of sp³-hybridized carbons (Fsp3) is 0. The number of amides is 1. The average Bonchev–Trinajstić information content (AvgIpc) is 2.39. The fourth-order valence-electron chi connectivity index (χ4n) is 1.41. The highest BCUT2D eigenvalue weighted by Crippen LogP contribution is 2.23. The molecule has 96 valence electrons. The van der Waals surface area contributed by atoms with E-state index in [0.717, 1.165) is 6.07 Å². The predicted octanol–water partition coefficient (Wildman–Crippen LogP) is 1.92. The summed E-state index contributed by atoms with van der Waals surface area (Å²) in [5, 5.41) is 0. The van der Waals surface area contributed by atoms with Gasteiger partial charge in [-0.05, 0) is 36.4 Å². The molecule has 2 rings (SSSR count). The Bertz CT molecular complexity index is 626. The topological polar surface area (TPSA) is 82.3 Å². The monoisotopic (exact) mass is 260 g/mol. The summed E-state index contributed by atoms with van der Waals surface area (Å²) in [5.41, 5.74) is 5.58. The number of ether oxygens (including phenoxy) is 1. The molecule has 0 saturated carbocycles. The highest BCUT2D eigenvalue weighted by Gasteiger charge is 2.13. The maximum absolute atomic E-state index is 13.0. The van der Waals surface area contributed by atoms with Crippen LogP contribution in [0.15, 0.2) is 36.4 Å². The Morgan fingerprint density at radius 1 is 1.21 bits per heavy atom. The summed E-state index contributed by atoms with van der Waals surface area (Å²) < 4.78 is 18.3. The van der Waals surface area contributed by atoms with Crippen LogP contribution in [0.25, 0.3) is 0 Å². The summed E-state index contributed by atoms with van der Waals surface area (Å²) in [4.78, 5) is 25.1. The van der Waals surface area contributed by atoms with Gasteiger partial charge in [0.25, 0.3) is 5.91 Å². The SMILES string of the molecule is NC(=O)c1ccc(F)nc1Oc1ccc(C=O)cc1. The normalized spacial score (nSPS) is 9.95. The second kappa shape index (κ2) is 5.26. The van der Waals surface area contributed by atoms with E-state index in [4.69, 9.17) is 10.5 Å². The number of rotatable bonds is 4. The molecule has 5 nitrogen and oxygen atoms in total. The quantitative estimate of drug-likeness (QED) is 0.672. The molecule has 0 spiro atoms. The van der Waals surface area contributed by atoms with Crippen LogP contribution in [-0.2, 0) is 0 Å². The lowest BCUT2D eigenvalue weighted by Crippen LogP contribution is -2.13. The summed E-state index contributed by atoms with van der Waals surface area (Å²) in [6.45, 7) is 0. The van der Waals surface area contributed by atoms with Gasteiger partial charge in [-0.2, -0.15) is 9.37 Å². The van der Waals surface area contributed by atoms with Crippen molar-refractivity contribution in [3.05, 3.63) is 53.5 Å². The zero-order valence-corrected chi connectivity index (χ0v) is 9.67. The molecule has 0 aliphatic rings. The third-order valence-electron chi connectivity index (χ3n) is 2.32. The third-order valence-corrected chi connectivity index (χ3v) is 2.32. The van der Waals surface area contributed by atoms with E-state index in [1.165, 1.54) is 30.3 Å². The summed E-state index contributed by atoms with van der Waals surface area (Å²) in [6.07, 6.45) is 0.680. The number of nitrogens with zero attached hydrogens (tertiary/aromatic N) is 1.